The second kappa shape index (κ2) is 12.6. The van der Waals surface area contributed by atoms with E-state index in [0.717, 1.165) is 5.69 Å². The molecule has 38 heavy (non-hydrogen) atoms. The number of aliphatic hydroxyl groups excluding tert-OH is 1. The first-order chi connectivity index (χ1) is 18.3. The molecule has 3 aromatic carbocycles. The first-order valence-electron chi connectivity index (χ1n) is 12.6. The number of rotatable bonds is 9. The van der Waals surface area contributed by atoms with Crippen molar-refractivity contribution in [3.8, 4) is 0 Å². The van der Waals surface area contributed by atoms with Crippen LogP contribution in [0.2, 0.25) is 10.0 Å². The molecule has 0 aromatic heterocycles. The lowest BCUT2D eigenvalue weighted by atomic mass is 10.1. The molecule has 1 aliphatic rings. The van der Waals surface area contributed by atoms with Gasteiger partial charge in [-0.1, -0.05) is 48.3 Å². The van der Waals surface area contributed by atoms with Crippen LogP contribution in [0.25, 0.3) is 0 Å². The molecule has 0 aliphatic carbocycles. The topological polar surface area (TPSA) is 76.1 Å². The minimum Gasteiger partial charge on any atom is -0.390 e. The SMILES string of the molecule is CCN(CCN(C)C(=O)c1ccc(Cl)cc1)[C@@H]1CN(C(=O)c2ccc(Cl)cc2Nc2ccccc2)C[C@H]1O. The highest BCUT2D eigenvalue weighted by atomic mass is 35.5. The predicted octanol–water partition coefficient (Wildman–Crippen LogP) is 5.02. The molecule has 0 spiro atoms. The van der Waals surface area contributed by atoms with Crippen molar-refractivity contribution in [1.82, 2.24) is 14.7 Å². The fraction of sp³-hybridized carbons (Fsp3) is 0.310. The molecule has 0 bridgehead atoms. The average Bonchev–Trinajstić information content (AvgIpc) is 3.30. The molecule has 0 saturated carbocycles. The summed E-state index contributed by atoms with van der Waals surface area (Å²) in [5.41, 5.74) is 2.52. The van der Waals surface area contributed by atoms with Gasteiger partial charge in [-0.05, 0) is 61.1 Å². The number of likely N-dealkylation sites (N-methyl/N-ethyl adjacent to an activating group) is 2. The van der Waals surface area contributed by atoms with Gasteiger partial charge in [0.1, 0.15) is 0 Å². The lowest BCUT2D eigenvalue weighted by molar-refractivity contribution is 0.0676. The lowest BCUT2D eigenvalue weighted by Gasteiger charge is -2.31. The number of aliphatic hydroxyl groups is 1. The number of carbonyl (C=O) groups is 2. The monoisotopic (exact) mass is 554 g/mol. The zero-order valence-corrected chi connectivity index (χ0v) is 23.0. The summed E-state index contributed by atoms with van der Waals surface area (Å²) in [6.45, 7) is 4.35. The van der Waals surface area contributed by atoms with Gasteiger partial charge in [0.25, 0.3) is 11.8 Å². The number of β-amino-alcohol motifs (C(OH)–C–C–N with tert-alkyl or cyclic N) is 1. The van der Waals surface area contributed by atoms with Crippen molar-refractivity contribution in [1.29, 1.82) is 0 Å². The molecular formula is C29H32Cl2N4O3. The van der Waals surface area contributed by atoms with Gasteiger partial charge in [0, 0.05) is 54.5 Å². The Bertz CT molecular complexity index is 1260. The molecule has 2 N–H and O–H groups in total. The molecule has 1 aliphatic heterocycles. The van der Waals surface area contributed by atoms with Crippen molar-refractivity contribution in [2.75, 3.05) is 45.1 Å². The van der Waals surface area contributed by atoms with E-state index in [-0.39, 0.29) is 24.4 Å². The van der Waals surface area contributed by atoms with Crippen LogP contribution >= 0.6 is 23.2 Å². The van der Waals surface area contributed by atoms with Crippen molar-refractivity contribution < 1.29 is 14.7 Å². The highest BCUT2D eigenvalue weighted by Gasteiger charge is 2.38. The third-order valence-electron chi connectivity index (χ3n) is 6.85. The Kier molecular flexibility index (Phi) is 9.28. The third kappa shape index (κ3) is 6.66. The fourth-order valence-electron chi connectivity index (χ4n) is 4.70. The number of halogens is 2. The highest BCUT2D eigenvalue weighted by Crippen LogP contribution is 2.28. The van der Waals surface area contributed by atoms with Crippen LogP contribution in [0.5, 0.6) is 0 Å². The Morgan fingerprint density at radius 3 is 2.34 bits per heavy atom. The normalized spacial score (nSPS) is 17.1. The van der Waals surface area contributed by atoms with E-state index in [2.05, 4.69) is 10.2 Å². The van der Waals surface area contributed by atoms with Gasteiger partial charge < -0.3 is 20.2 Å². The largest absolute Gasteiger partial charge is 0.390 e. The number of hydrogen-bond donors (Lipinski definition) is 2. The van der Waals surface area contributed by atoms with Gasteiger partial charge in [0.2, 0.25) is 0 Å². The van der Waals surface area contributed by atoms with Crippen LogP contribution in [0, 0.1) is 0 Å². The molecule has 1 heterocycles. The molecule has 2 amide bonds. The predicted molar refractivity (Wildman–Crippen MR) is 153 cm³/mol. The number of hydrogen-bond acceptors (Lipinski definition) is 5. The molecule has 0 radical (unpaired) electrons. The number of nitrogens with zero attached hydrogens (tertiary/aromatic N) is 3. The van der Waals surface area contributed by atoms with Crippen molar-refractivity contribution >= 4 is 46.4 Å². The summed E-state index contributed by atoms with van der Waals surface area (Å²) in [6.07, 6.45) is -0.700. The van der Waals surface area contributed by atoms with E-state index in [0.29, 0.717) is 53.0 Å². The third-order valence-corrected chi connectivity index (χ3v) is 7.33. The van der Waals surface area contributed by atoms with E-state index >= 15 is 0 Å². The summed E-state index contributed by atoms with van der Waals surface area (Å²) in [4.78, 5) is 31.8. The number of benzene rings is 3. The molecule has 1 fully saturated rings. The smallest absolute Gasteiger partial charge is 0.256 e. The number of carbonyl (C=O) groups excluding carboxylic acids is 2. The summed E-state index contributed by atoms with van der Waals surface area (Å²) in [7, 11) is 1.76. The van der Waals surface area contributed by atoms with Gasteiger partial charge in [-0.15, -0.1) is 0 Å². The van der Waals surface area contributed by atoms with Crippen molar-refractivity contribution in [2.45, 2.75) is 19.1 Å². The van der Waals surface area contributed by atoms with E-state index in [1.165, 1.54) is 0 Å². The summed E-state index contributed by atoms with van der Waals surface area (Å²) >= 11 is 12.2. The summed E-state index contributed by atoms with van der Waals surface area (Å²) in [5, 5.41) is 15.3. The first-order valence-corrected chi connectivity index (χ1v) is 13.4. The number of para-hydroxylation sites is 1. The average molecular weight is 556 g/mol. The number of anilines is 2. The number of likely N-dealkylation sites (tertiary alicyclic amines) is 1. The Morgan fingerprint density at radius 1 is 0.974 bits per heavy atom. The standard InChI is InChI=1S/C29H32Cl2N4O3/c1-3-34(16-15-33(2)28(37)20-9-11-21(30)12-10-20)26-18-35(19-27(26)36)29(38)24-14-13-22(31)17-25(24)32-23-7-5-4-6-8-23/h4-14,17,26-27,32,36H,3,15-16,18-19H2,1-2H3/t26-,27-/m1/s1. The maximum absolute atomic E-state index is 13.6. The molecule has 3 aromatic rings. The second-order valence-corrected chi connectivity index (χ2v) is 10.3. The van der Waals surface area contributed by atoms with Crippen LogP contribution in [0.1, 0.15) is 27.6 Å². The number of nitrogens with one attached hydrogen (secondary N) is 1. The van der Waals surface area contributed by atoms with Crippen LogP contribution in [0.15, 0.2) is 72.8 Å². The maximum atomic E-state index is 13.6. The molecule has 2 atom stereocenters. The van der Waals surface area contributed by atoms with Crippen LogP contribution in [-0.4, -0.2) is 83.5 Å². The van der Waals surface area contributed by atoms with Crippen LogP contribution in [-0.2, 0) is 0 Å². The minimum atomic E-state index is -0.700. The van der Waals surface area contributed by atoms with Gasteiger partial charge in [-0.25, -0.2) is 0 Å². The van der Waals surface area contributed by atoms with Crippen LogP contribution in [0.4, 0.5) is 11.4 Å². The van der Waals surface area contributed by atoms with Crippen LogP contribution < -0.4 is 5.32 Å². The van der Waals surface area contributed by atoms with Gasteiger partial charge >= 0.3 is 0 Å². The van der Waals surface area contributed by atoms with Crippen molar-refractivity contribution in [3.63, 3.8) is 0 Å². The Labute approximate surface area is 233 Å². The van der Waals surface area contributed by atoms with E-state index in [1.807, 2.05) is 37.3 Å². The molecule has 200 valence electrons. The Balaban J connectivity index is 1.41. The molecule has 9 heteroatoms. The van der Waals surface area contributed by atoms with E-state index < -0.39 is 6.10 Å². The van der Waals surface area contributed by atoms with Gasteiger partial charge in [0.05, 0.1) is 23.4 Å². The zero-order chi connectivity index (χ0) is 27.2. The summed E-state index contributed by atoms with van der Waals surface area (Å²) < 4.78 is 0. The van der Waals surface area contributed by atoms with Crippen LogP contribution in [0.3, 0.4) is 0 Å². The maximum Gasteiger partial charge on any atom is 0.256 e. The minimum absolute atomic E-state index is 0.0947. The van der Waals surface area contributed by atoms with Crippen molar-refractivity contribution in [3.05, 3.63) is 94.0 Å². The van der Waals surface area contributed by atoms with E-state index in [1.54, 1.807) is 59.3 Å². The summed E-state index contributed by atoms with van der Waals surface area (Å²) in [6, 6.07) is 21.3. The lowest BCUT2D eigenvalue weighted by Crippen LogP contribution is -2.47. The highest BCUT2D eigenvalue weighted by molar-refractivity contribution is 6.31. The fourth-order valence-corrected chi connectivity index (χ4v) is 5.00. The summed E-state index contributed by atoms with van der Waals surface area (Å²) in [5.74, 6) is -0.268. The van der Waals surface area contributed by atoms with Gasteiger partial charge in [-0.3, -0.25) is 14.5 Å². The molecule has 4 rings (SSSR count). The quantitative estimate of drug-likeness (QED) is 0.388. The zero-order valence-electron chi connectivity index (χ0n) is 21.5. The molecular weight excluding hydrogens is 523 g/mol. The first kappa shape index (κ1) is 27.9. The second-order valence-electron chi connectivity index (χ2n) is 9.39. The van der Waals surface area contributed by atoms with Gasteiger partial charge in [0.15, 0.2) is 0 Å². The van der Waals surface area contributed by atoms with E-state index in [9.17, 15) is 14.7 Å². The Morgan fingerprint density at radius 2 is 1.66 bits per heavy atom. The molecule has 0 unspecified atom stereocenters. The molecule has 7 nitrogen and oxygen atoms in total. The van der Waals surface area contributed by atoms with E-state index in [4.69, 9.17) is 23.2 Å². The van der Waals surface area contributed by atoms with Gasteiger partial charge in [-0.2, -0.15) is 0 Å². The van der Waals surface area contributed by atoms with Crippen molar-refractivity contribution in [2.24, 2.45) is 0 Å². The number of amides is 2. The molecule has 1 saturated heterocycles. The Hall–Kier alpha value is -3.10.